The Morgan fingerprint density at radius 2 is 1.95 bits per heavy atom. The van der Waals surface area contributed by atoms with Crippen LogP contribution in [-0.4, -0.2) is 34.9 Å². The molecule has 1 heterocycles. The molecule has 1 aromatic rings. The third-order valence-corrected chi connectivity index (χ3v) is 2.75. The number of hydrogen-bond donors (Lipinski definition) is 1. The number of nitrogen functional groups attached to an aromatic ring is 1. The molecule has 0 aromatic heterocycles. The number of nitrogens with two attached hydrogens (primary N) is 1. The number of rotatable bonds is 3. The van der Waals surface area contributed by atoms with Crippen molar-refractivity contribution in [2.24, 2.45) is 0 Å². The molecule has 1 fully saturated rings. The van der Waals surface area contributed by atoms with Crippen LogP contribution in [-0.2, 0) is 20.9 Å². The summed E-state index contributed by atoms with van der Waals surface area (Å²) in [6, 6.07) is 4.26. The zero-order chi connectivity index (χ0) is 14.0. The molecule has 1 saturated heterocycles. The molecule has 0 unspecified atom stereocenters. The Balaban J connectivity index is 2.28. The van der Waals surface area contributed by atoms with Crippen LogP contribution < -0.4 is 5.73 Å². The number of nitro benzene ring substituents is 1. The van der Waals surface area contributed by atoms with Crippen molar-refractivity contribution in [2.45, 2.75) is 6.54 Å². The summed E-state index contributed by atoms with van der Waals surface area (Å²) in [4.78, 5) is 34.2. The number of ether oxygens (including phenoxy) is 1. The van der Waals surface area contributed by atoms with Crippen molar-refractivity contribution in [2.75, 3.05) is 18.9 Å². The molecule has 0 atom stereocenters. The smallest absolute Gasteiger partial charge is 0.292 e. The summed E-state index contributed by atoms with van der Waals surface area (Å²) in [5.41, 5.74) is 5.74. The van der Waals surface area contributed by atoms with E-state index in [0.717, 1.165) is 4.90 Å². The lowest BCUT2D eigenvalue weighted by Gasteiger charge is -2.25. The highest BCUT2D eigenvalue weighted by atomic mass is 16.6. The first-order valence-electron chi connectivity index (χ1n) is 5.43. The molecule has 0 bridgehead atoms. The lowest BCUT2D eigenvalue weighted by molar-refractivity contribution is -0.384. The number of nitro groups is 1. The minimum absolute atomic E-state index is 0.0420. The van der Waals surface area contributed by atoms with Gasteiger partial charge in [0.1, 0.15) is 18.9 Å². The molecule has 2 rings (SSSR count). The molecule has 0 aliphatic carbocycles. The highest BCUT2D eigenvalue weighted by molar-refractivity contribution is 5.98. The van der Waals surface area contributed by atoms with Gasteiger partial charge in [0.15, 0.2) is 0 Å². The van der Waals surface area contributed by atoms with Crippen molar-refractivity contribution < 1.29 is 19.2 Å². The Labute approximate surface area is 107 Å². The van der Waals surface area contributed by atoms with Crippen LogP contribution in [0.4, 0.5) is 11.4 Å². The van der Waals surface area contributed by atoms with E-state index in [1.54, 1.807) is 6.07 Å². The monoisotopic (exact) mass is 265 g/mol. The Morgan fingerprint density at radius 1 is 1.32 bits per heavy atom. The van der Waals surface area contributed by atoms with Crippen LogP contribution in [0.1, 0.15) is 5.56 Å². The molecule has 1 aromatic carbocycles. The summed E-state index contributed by atoms with van der Waals surface area (Å²) >= 11 is 0. The van der Waals surface area contributed by atoms with Crippen molar-refractivity contribution in [3.63, 3.8) is 0 Å². The molecule has 0 radical (unpaired) electrons. The third kappa shape index (κ3) is 2.52. The highest BCUT2D eigenvalue weighted by Gasteiger charge is 2.28. The fraction of sp³-hybridized carbons (Fsp3) is 0.273. The zero-order valence-corrected chi connectivity index (χ0v) is 9.87. The first-order valence-corrected chi connectivity index (χ1v) is 5.43. The molecule has 0 saturated carbocycles. The van der Waals surface area contributed by atoms with Crippen molar-refractivity contribution >= 4 is 23.2 Å². The van der Waals surface area contributed by atoms with E-state index in [4.69, 9.17) is 10.5 Å². The number of imide groups is 1. The number of carbonyl (C=O) groups excluding carboxylic acids is 2. The van der Waals surface area contributed by atoms with Crippen LogP contribution in [0.15, 0.2) is 18.2 Å². The van der Waals surface area contributed by atoms with Gasteiger partial charge in [-0.25, -0.2) is 0 Å². The molecule has 19 heavy (non-hydrogen) atoms. The van der Waals surface area contributed by atoms with Gasteiger partial charge in [-0.05, 0) is 0 Å². The number of para-hydroxylation sites is 1. The number of morpholine rings is 1. The van der Waals surface area contributed by atoms with Gasteiger partial charge in [-0.15, -0.1) is 0 Å². The summed E-state index contributed by atoms with van der Waals surface area (Å²) in [7, 11) is 0. The second kappa shape index (κ2) is 5.02. The maximum absolute atomic E-state index is 11.5. The first kappa shape index (κ1) is 13.0. The second-order valence-corrected chi connectivity index (χ2v) is 3.97. The largest absolute Gasteiger partial charge is 0.393 e. The average Bonchev–Trinajstić information content (AvgIpc) is 2.35. The van der Waals surface area contributed by atoms with Gasteiger partial charge in [-0.1, -0.05) is 12.1 Å². The Morgan fingerprint density at radius 3 is 2.53 bits per heavy atom. The highest BCUT2D eigenvalue weighted by Crippen LogP contribution is 2.26. The predicted octanol–water partition coefficient (Wildman–Crippen LogP) is 0.0624. The SMILES string of the molecule is Nc1c(CN2C(=O)COCC2=O)cccc1[N+](=O)[O-]. The van der Waals surface area contributed by atoms with Crippen molar-refractivity contribution in [1.29, 1.82) is 0 Å². The lowest BCUT2D eigenvalue weighted by Crippen LogP contribution is -2.45. The first-order chi connectivity index (χ1) is 9.00. The molecule has 8 nitrogen and oxygen atoms in total. The van der Waals surface area contributed by atoms with E-state index in [9.17, 15) is 19.7 Å². The minimum Gasteiger partial charge on any atom is -0.393 e. The minimum atomic E-state index is -0.609. The molecule has 8 heteroatoms. The average molecular weight is 265 g/mol. The molecule has 2 amide bonds. The molecular weight excluding hydrogens is 254 g/mol. The van der Waals surface area contributed by atoms with Gasteiger partial charge in [0.25, 0.3) is 17.5 Å². The normalized spacial score (nSPS) is 15.7. The van der Waals surface area contributed by atoms with Crippen LogP contribution in [0.25, 0.3) is 0 Å². The summed E-state index contributed by atoms with van der Waals surface area (Å²) in [5.74, 6) is -0.968. The van der Waals surface area contributed by atoms with Gasteiger partial charge in [0, 0.05) is 11.6 Å². The van der Waals surface area contributed by atoms with E-state index in [-0.39, 0.29) is 31.1 Å². The van der Waals surface area contributed by atoms with Crippen molar-refractivity contribution in [3.8, 4) is 0 Å². The van der Waals surface area contributed by atoms with Crippen molar-refractivity contribution in [3.05, 3.63) is 33.9 Å². The number of nitrogens with zero attached hydrogens (tertiary/aromatic N) is 2. The van der Waals surface area contributed by atoms with E-state index < -0.39 is 16.7 Å². The van der Waals surface area contributed by atoms with Crippen LogP contribution in [0.3, 0.4) is 0 Å². The fourth-order valence-electron chi connectivity index (χ4n) is 1.76. The number of hydrogen-bond acceptors (Lipinski definition) is 6. The second-order valence-electron chi connectivity index (χ2n) is 3.97. The van der Waals surface area contributed by atoms with Crippen LogP contribution >= 0.6 is 0 Å². The van der Waals surface area contributed by atoms with Gasteiger partial charge < -0.3 is 10.5 Å². The van der Waals surface area contributed by atoms with E-state index in [1.165, 1.54) is 12.1 Å². The topological polar surface area (TPSA) is 116 Å². The Kier molecular flexibility index (Phi) is 3.43. The Hall–Kier alpha value is -2.48. The molecule has 1 aliphatic heterocycles. The summed E-state index contributed by atoms with van der Waals surface area (Å²) in [6.45, 7) is -0.449. The quantitative estimate of drug-likeness (QED) is 0.357. The van der Waals surface area contributed by atoms with E-state index in [1.807, 2.05) is 0 Å². The van der Waals surface area contributed by atoms with Gasteiger partial charge in [0.2, 0.25) is 0 Å². The van der Waals surface area contributed by atoms with Gasteiger partial charge in [-0.2, -0.15) is 0 Å². The van der Waals surface area contributed by atoms with Crippen LogP contribution in [0.5, 0.6) is 0 Å². The van der Waals surface area contributed by atoms with Gasteiger partial charge in [0.05, 0.1) is 11.5 Å². The van der Waals surface area contributed by atoms with E-state index in [0.29, 0.717) is 5.56 Å². The predicted molar refractivity (Wildman–Crippen MR) is 63.9 cm³/mol. The maximum Gasteiger partial charge on any atom is 0.292 e. The zero-order valence-electron chi connectivity index (χ0n) is 9.87. The Bertz CT molecular complexity index is 541. The van der Waals surface area contributed by atoms with E-state index in [2.05, 4.69) is 0 Å². The van der Waals surface area contributed by atoms with Crippen LogP contribution in [0, 0.1) is 10.1 Å². The number of carbonyl (C=O) groups is 2. The number of benzene rings is 1. The third-order valence-electron chi connectivity index (χ3n) is 2.75. The number of amides is 2. The summed E-state index contributed by atoms with van der Waals surface area (Å²) in [5, 5.41) is 10.8. The molecule has 2 N–H and O–H groups in total. The summed E-state index contributed by atoms with van der Waals surface area (Å²) in [6.07, 6.45) is 0. The number of anilines is 1. The lowest BCUT2D eigenvalue weighted by atomic mass is 10.1. The maximum atomic E-state index is 11.5. The fourth-order valence-corrected chi connectivity index (χ4v) is 1.76. The molecular formula is C11H11N3O5. The van der Waals surface area contributed by atoms with E-state index >= 15 is 0 Å². The summed E-state index contributed by atoms with van der Waals surface area (Å²) < 4.78 is 4.77. The molecule has 0 spiro atoms. The van der Waals surface area contributed by atoms with Gasteiger partial charge >= 0.3 is 0 Å². The molecule has 100 valence electrons. The van der Waals surface area contributed by atoms with Crippen molar-refractivity contribution in [1.82, 2.24) is 4.90 Å². The molecule has 1 aliphatic rings. The van der Waals surface area contributed by atoms with Crippen LogP contribution in [0.2, 0.25) is 0 Å². The standard InChI is InChI=1S/C11H11N3O5/c12-11-7(2-1-3-8(11)14(17)18)4-13-9(15)5-19-6-10(13)16/h1-3H,4-6,12H2. The van der Waals surface area contributed by atoms with Gasteiger partial charge in [-0.3, -0.25) is 24.6 Å².